The molecule has 0 aliphatic carbocycles. The zero-order valence-corrected chi connectivity index (χ0v) is 12.5. The van der Waals surface area contributed by atoms with Gasteiger partial charge in [0.2, 0.25) is 0 Å². The quantitative estimate of drug-likeness (QED) is 0.783. The Morgan fingerprint density at radius 1 is 1.28 bits per heavy atom. The zero-order chi connectivity index (χ0) is 13.2. The van der Waals surface area contributed by atoms with Crippen LogP contribution in [-0.2, 0) is 0 Å². The summed E-state index contributed by atoms with van der Waals surface area (Å²) in [5, 5.41) is 0. The molecule has 1 unspecified atom stereocenters. The minimum atomic E-state index is 0.251. The highest BCUT2D eigenvalue weighted by molar-refractivity contribution is 4.93. The Kier molecular flexibility index (Phi) is 4.68. The maximum absolute atomic E-state index is 5.92. The maximum atomic E-state index is 5.92. The van der Waals surface area contributed by atoms with Gasteiger partial charge in [-0.25, -0.2) is 0 Å². The van der Waals surface area contributed by atoms with Crippen molar-refractivity contribution >= 4 is 0 Å². The van der Waals surface area contributed by atoms with Crippen LogP contribution >= 0.6 is 0 Å². The standard InChI is InChI=1S/C15H31N3/c1-4-7-18(12-15(2,3)11-16)14-10-17-8-5-13(14)6-9-17/h13-14H,4-12,16H2,1-3H3. The van der Waals surface area contributed by atoms with E-state index < -0.39 is 0 Å². The Morgan fingerprint density at radius 3 is 2.39 bits per heavy atom. The third-order valence-corrected chi connectivity index (χ3v) is 4.79. The fourth-order valence-corrected chi connectivity index (χ4v) is 3.61. The molecule has 2 bridgehead atoms. The van der Waals surface area contributed by atoms with Crippen LogP contribution in [0.25, 0.3) is 0 Å². The maximum Gasteiger partial charge on any atom is 0.0252 e. The molecule has 3 nitrogen and oxygen atoms in total. The van der Waals surface area contributed by atoms with Gasteiger partial charge in [-0.1, -0.05) is 20.8 Å². The molecule has 0 spiro atoms. The van der Waals surface area contributed by atoms with Gasteiger partial charge in [0.05, 0.1) is 0 Å². The van der Waals surface area contributed by atoms with E-state index in [1.54, 1.807) is 0 Å². The number of nitrogens with two attached hydrogens (primary N) is 1. The number of fused-ring (bicyclic) bond motifs is 3. The molecule has 3 rings (SSSR count). The van der Waals surface area contributed by atoms with E-state index in [4.69, 9.17) is 5.73 Å². The Bertz CT molecular complexity index is 256. The highest BCUT2D eigenvalue weighted by Crippen LogP contribution is 2.32. The van der Waals surface area contributed by atoms with Gasteiger partial charge in [-0.3, -0.25) is 4.90 Å². The lowest BCUT2D eigenvalue weighted by Gasteiger charge is -2.50. The third-order valence-electron chi connectivity index (χ3n) is 4.79. The van der Waals surface area contributed by atoms with Crippen molar-refractivity contribution in [3.05, 3.63) is 0 Å². The van der Waals surface area contributed by atoms with Crippen molar-refractivity contribution in [3.63, 3.8) is 0 Å². The number of hydrogen-bond acceptors (Lipinski definition) is 3. The van der Waals surface area contributed by atoms with E-state index in [9.17, 15) is 0 Å². The lowest BCUT2D eigenvalue weighted by atomic mass is 9.81. The van der Waals surface area contributed by atoms with Gasteiger partial charge >= 0.3 is 0 Å². The zero-order valence-electron chi connectivity index (χ0n) is 12.5. The third kappa shape index (κ3) is 3.25. The van der Waals surface area contributed by atoms with Gasteiger partial charge in [-0.2, -0.15) is 0 Å². The van der Waals surface area contributed by atoms with Gasteiger partial charge in [0.25, 0.3) is 0 Å². The molecule has 3 aliphatic heterocycles. The molecular formula is C15H31N3. The summed E-state index contributed by atoms with van der Waals surface area (Å²) in [7, 11) is 0. The van der Waals surface area contributed by atoms with Gasteiger partial charge in [-0.05, 0) is 56.8 Å². The minimum Gasteiger partial charge on any atom is -0.330 e. The monoisotopic (exact) mass is 253 g/mol. The average Bonchev–Trinajstić information content (AvgIpc) is 2.39. The lowest BCUT2D eigenvalue weighted by molar-refractivity contribution is -0.00846. The van der Waals surface area contributed by atoms with Crippen LogP contribution in [0.1, 0.15) is 40.0 Å². The highest BCUT2D eigenvalue weighted by Gasteiger charge is 2.38. The summed E-state index contributed by atoms with van der Waals surface area (Å²) in [6, 6.07) is 0.790. The fraction of sp³-hybridized carbons (Fsp3) is 1.00. The molecule has 0 saturated carbocycles. The van der Waals surface area contributed by atoms with Gasteiger partial charge < -0.3 is 10.6 Å². The second-order valence-electron chi connectivity index (χ2n) is 7.04. The first-order chi connectivity index (χ1) is 8.55. The van der Waals surface area contributed by atoms with Crippen LogP contribution in [0.15, 0.2) is 0 Å². The summed E-state index contributed by atoms with van der Waals surface area (Å²) in [6.45, 7) is 14.0. The summed E-state index contributed by atoms with van der Waals surface area (Å²) >= 11 is 0. The minimum absolute atomic E-state index is 0.251. The predicted octanol–water partition coefficient (Wildman–Crippen LogP) is 1.78. The largest absolute Gasteiger partial charge is 0.330 e. The van der Waals surface area contributed by atoms with Crippen molar-refractivity contribution in [2.24, 2.45) is 17.1 Å². The molecule has 3 heterocycles. The average molecular weight is 253 g/mol. The van der Waals surface area contributed by atoms with Crippen molar-refractivity contribution in [1.29, 1.82) is 0 Å². The lowest BCUT2D eigenvalue weighted by Crippen LogP contribution is -2.59. The molecule has 0 aromatic rings. The van der Waals surface area contributed by atoms with E-state index in [1.807, 2.05) is 0 Å². The van der Waals surface area contributed by atoms with E-state index in [1.165, 1.54) is 45.4 Å². The molecule has 3 saturated heterocycles. The SMILES string of the molecule is CCCN(CC(C)(C)CN)C1CN2CCC1CC2. The van der Waals surface area contributed by atoms with Crippen molar-refractivity contribution in [3.8, 4) is 0 Å². The van der Waals surface area contributed by atoms with Crippen LogP contribution in [0.2, 0.25) is 0 Å². The summed E-state index contributed by atoms with van der Waals surface area (Å²) in [4.78, 5) is 5.39. The van der Waals surface area contributed by atoms with Gasteiger partial charge in [-0.15, -0.1) is 0 Å². The molecule has 3 aliphatic rings. The van der Waals surface area contributed by atoms with E-state index in [0.717, 1.165) is 25.0 Å². The second-order valence-corrected chi connectivity index (χ2v) is 7.04. The van der Waals surface area contributed by atoms with Crippen LogP contribution in [0.4, 0.5) is 0 Å². The van der Waals surface area contributed by atoms with Crippen molar-refractivity contribution < 1.29 is 0 Å². The Hall–Kier alpha value is -0.120. The smallest absolute Gasteiger partial charge is 0.0252 e. The van der Waals surface area contributed by atoms with Crippen LogP contribution in [0.5, 0.6) is 0 Å². The van der Waals surface area contributed by atoms with Crippen molar-refractivity contribution in [1.82, 2.24) is 9.80 Å². The first-order valence-corrected chi connectivity index (χ1v) is 7.72. The normalized spacial score (nSPS) is 32.2. The van der Waals surface area contributed by atoms with Crippen LogP contribution < -0.4 is 5.73 Å². The Morgan fingerprint density at radius 2 is 1.94 bits per heavy atom. The topological polar surface area (TPSA) is 32.5 Å². The number of rotatable bonds is 6. The van der Waals surface area contributed by atoms with Gasteiger partial charge in [0.1, 0.15) is 0 Å². The molecule has 18 heavy (non-hydrogen) atoms. The molecule has 2 N–H and O–H groups in total. The Balaban J connectivity index is 2.00. The van der Waals surface area contributed by atoms with Crippen LogP contribution in [-0.4, -0.2) is 55.1 Å². The first-order valence-electron chi connectivity index (χ1n) is 7.72. The van der Waals surface area contributed by atoms with Gasteiger partial charge in [0.15, 0.2) is 0 Å². The summed E-state index contributed by atoms with van der Waals surface area (Å²) < 4.78 is 0. The number of hydrogen-bond donors (Lipinski definition) is 1. The number of nitrogens with zero attached hydrogens (tertiary/aromatic N) is 2. The number of piperidine rings is 3. The first kappa shape index (κ1) is 14.3. The van der Waals surface area contributed by atoms with Crippen molar-refractivity contribution in [2.45, 2.75) is 46.1 Å². The fourth-order valence-electron chi connectivity index (χ4n) is 3.61. The highest BCUT2D eigenvalue weighted by atomic mass is 15.3. The van der Waals surface area contributed by atoms with E-state index in [0.29, 0.717) is 0 Å². The second kappa shape index (κ2) is 5.89. The molecule has 0 aromatic carbocycles. The summed E-state index contributed by atoms with van der Waals surface area (Å²) in [5.41, 5.74) is 6.17. The Labute approximate surface area is 113 Å². The van der Waals surface area contributed by atoms with E-state index in [-0.39, 0.29) is 5.41 Å². The van der Waals surface area contributed by atoms with E-state index >= 15 is 0 Å². The molecule has 0 radical (unpaired) electrons. The van der Waals surface area contributed by atoms with Crippen molar-refractivity contribution in [2.75, 3.05) is 39.3 Å². The van der Waals surface area contributed by atoms with Gasteiger partial charge in [0, 0.05) is 19.1 Å². The summed E-state index contributed by atoms with van der Waals surface area (Å²) in [5.74, 6) is 0.940. The molecule has 3 heteroatoms. The predicted molar refractivity (Wildman–Crippen MR) is 77.7 cm³/mol. The van der Waals surface area contributed by atoms with Crippen LogP contribution in [0.3, 0.4) is 0 Å². The molecule has 0 amide bonds. The van der Waals surface area contributed by atoms with E-state index in [2.05, 4.69) is 30.6 Å². The van der Waals surface area contributed by atoms with Crippen LogP contribution in [0, 0.1) is 11.3 Å². The molecular weight excluding hydrogens is 222 g/mol. The molecule has 1 atom stereocenters. The molecule has 106 valence electrons. The summed E-state index contributed by atoms with van der Waals surface area (Å²) in [6.07, 6.45) is 4.08. The molecule has 0 aromatic heterocycles. The molecule has 3 fully saturated rings.